The second-order valence-corrected chi connectivity index (χ2v) is 4.02. The van der Waals surface area contributed by atoms with Crippen molar-refractivity contribution in [3.05, 3.63) is 29.6 Å². The number of rotatable bonds is 2. The lowest BCUT2D eigenvalue weighted by Gasteiger charge is -2.18. The molecule has 6 heteroatoms. The van der Waals surface area contributed by atoms with Crippen LogP contribution in [-0.2, 0) is 9.53 Å². The summed E-state index contributed by atoms with van der Waals surface area (Å²) in [6.07, 6.45) is -0.772. The van der Waals surface area contributed by atoms with Crippen LogP contribution in [0.1, 0.15) is 16.8 Å². The van der Waals surface area contributed by atoms with Crippen LogP contribution in [0.3, 0.4) is 0 Å². The van der Waals surface area contributed by atoms with Gasteiger partial charge in [0.05, 0.1) is 37.4 Å². The molecule has 1 aromatic carbocycles. The van der Waals surface area contributed by atoms with Gasteiger partial charge in [0.2, 0.25) is 5.91 Å². The van der Waals surface area contributed by atoms with E-state index in [-0.39, 0.29) is 30.1 Å². The molecule has 5 nitrogen and oxygen atoms in total. The topological polar surface area (TPSA) is 66.8 Å². The van der Waals surface area contributed by atoms with Crippen molar-refractivity contribution in [3.63, 3.8) is 0 Å². The zero-order valence-electron chi connectivity index (χ0n) is 9.72. The first-order valence-corrected chi connectivity index (χ1v) is 5.39. The Hall–Kier alpha value is -1.95. The minimum atomic E-state index is -0.770. The van der Waals surface area contributed by atoms with Gasteiger partial charge in [0, 0.05) is 0 Å². The second-order valence-electron chi connectivity index (χ2n) is 4.02. The molecule has 0 aromatic heterocycles. The van der Waals surface area contributed by atoms with Crippen molar-refractivity contribution in [2.45, 2.75) is 12.5 Å². The molecule has 18 heavy (non-hydrogen) atoms. The fraction of sp³-hybridized carbons (Fsp3) is 0.333. The number of hydrogen-bond acceptors (Lipinski definition) is 4. The van der Waals surface area contributed by atoms with Crippen LogP contribution in [0.25, 0.3) is 0 Å². The molecule has 1 unspecified atom stereocenters. The third-order valence-corrected chi connectivity index (χ3v) is 2.76. The summed E-state index contributed by atoms with van der Waals surface area (Å²) in [5.74, 6) is -1.62. The molecule has 0 saturated carbocycles. The number of carbonyl (C=O) groups excluding carboxylic acids is 2. The van der Waals surface area contributed by atoms with E-state index in [1.54, 1.807) is 0 Å². The molecular formula is C12H12FNO4. The van der Waals surface area contributed by atoms with Gasteiger partial charge in [-0.05, 0) is 18.2 Å². The van der Waals surface area contributed by atoms with Crippen LogP contribution in [0.4, 0.5) is 10.1 Å². The van der Waals surface area contributed by atoms with Crippen LogP contribution in [0.5, 0.6) is 0 Å². The van der Waals surface area contributed by atoms with Crippen molar-refractivity contribution in [3.8, 4) is 0 Å². The maximum atomic E-state index is 13.1. The van der Waals surface area contributed by atoms with Crippen LogP contribution in [-0.4, -0.2) is 36.7 Å². The molecule has 1 aromatic rings. The molecule has 96 valence electrons. The van der Waals surface area contributed by atoms with Gasteiger partial charge in [0.25, 0.3) is 0 Å². The Morgan fingerprint density at radius 1 is 1.56 bits per heavy atom. The largest absolute Gasteiger partial charge is 0.465 e. The van der Waals surface area contributed by atoms with Gasteiger partial charge in [0.1, 0.15) is 5.82 Å². The summed E-state index contributed by atoms with van der Waals surface area (Å²) in [6.45, 7) is 0.0917. The van der Waals surface area contributed by atoms with Crippen molar-refractivity contribution in [2.24, 2.45) is 0 Å². The normalized spacial score (nSPS) is 19.2. The van der Waals surface area contributed by atoms with Gasteiger partial charge in [0.15, 0.2) is 0 Å². The number of benzene rings is 1. The Morgan fingerprint density at radius 2 is 2.28 bits per heavy atom. The number of esters is 1. The molecule has 1 fully saturated rings. The molecule has 2 rings (SSSR count). The lowest BCUT2D eigenvalue weighted by molar-refractivity contribution is -0.117. The highest BCUT2D eigenvalue weighted by Crippen LogP contribution is 2.27. The van der Waals surface area contributed by atoms with Crippen LogP contribution in [0.2, 0.25) is 0 Å². The number of nitrogens with zero attached hydrogens (tertiary/aromatic N) is 1. The number of aliphatic hydroxyl groups is 1. The van der Waals surface area contributed by atoms with Gasteiger partial charge in [-0.1, -0.05) is 0 Å². The molecular weight excluding hydrogens is 241 g/mol. The van der Waals surface area contributed by atoms with Gasteiger partial charge in [-0.3, -0.25) is 4.79 Å². The zero-order valence-corrected chi connectivity index (χ0v) is 9.72. The quantitative estimate of drug-likeness (QED) is 0.788. The Bertz CT molecular complexity index is 503. The number of methoxy groups -OCH3 is 1. The monoisotopic (exact) mass is 253 g/mol. The average molecular weight is 253 g/mol. The Kier molecular flexibility index (Phi) is 3.29. The number of hydrogen-bond donors (Lipinski definition) is 1. The molecule has 1 aliphatic rings. The molecule has 0 aliphatic carbocycles. The molecule has 1 aliphatic heterocycles. The van der Waals surface area contributed by atoms with Crippen molar-refractivity contribution >= 4 is 17.6 Å². The lowest BCUT2D eigenvalue weighted by atomic mass is 10.1. The fourth-order valence-electron chi connectivity index (χ4n) is 1.94. The van der Waals surface area contributed by atoms with E-state index in [0.29, 0.717) is 0 Å². The van der Waals surface area contributed by atoms with E-state index >= 15 is 0 Å². The highest BCUT2D eigenvalue weighted by molar-refractivity contribution is 6.03. The number of anilines is 1. The van der Waals surface area contributed by atoms with Gasteiger partial charge in [-0.2, -0.15) is 0 Å². The standard InChI is InChI=1S/C12H12FNO4/c1-18-12(17)9-4-7(13)2-3-10(9)14-6-8(15)5-11(14)16/h2-4,8,15H,5-6H2,1H3. The number of β-amino-alcohol motifs (C(OH)–C–C–N with tert-alkyl or cyclic N) is 1. The van der Waals surface area contributed by atoms with E-state index in [0.717, 1.165) is 12.1 Å². The summed E-state index contributed by atoms with van der Waals surface area (Å²) in [5, 5.41) is 9.42. The van der Waals surface area contributed by atoms with E-state index in [1.165, 1.54) is 18.1 Å². The number of amides is 1. The highest BCUT2D eigenvalue weighted by atomic mass is 19.1. The summed E-state index contributed by atoms with van der Waals surface area (Å²) in [5.41, 5.74) is 0.227. The van der Waals surface area contributed by atoms with E-state index in [1.807, 2.05) is 0 Å². The Balaban J connectivity index is 2.44. The summed E-state index contributed by atoms with van der Waals surface area (Å²) in [7, 11) is 1.18. The molecule has 1 atom stereocenters. The van der Waals surface area contributed by atoms with E-state index in [2.05, 4.69) is 4.74 Å². The second kappa shape index (κ2) is 4.73. The van der Waals surface area contributed by atoms with E-state index in [9.17, 15) is 19.1 Å². The van der Waals surface area contributed by atoms with Crippen LogP contribution < -0.4 is 4.90 Å². The molecule has 1 N–H and O–H groups in total. The van der Waals surface area contributed by atoms with Crippen molar-refractivity contribution in [1.82, 2.24) is 0 Å². The minimum Gasteiger partial charge on any atom is -0.465 e. The lowest BCUT2D eigenvalue weighted by Crippen LogP contribution is -2.27. The maximum absolute atomic E-state index is 13.1. The summed E-state index contributed by atoms with van der Waals surface area (Å²) in [4.78, 5) is 24.5. The van der Waals surface area contributed by atoms with Gasteiger partial charge < -0.3 is 14.7 Å². The molecule has 0 spiro atoms. The Labute approximate surface area is 103 Å². The number of carbonyl (C=O) groups is 2. The fourth-order valence-corrected chi connectivity index (χ4v) is 1.94. The third kappa shape index (κ3) is 2.19. The van der Waals surface area contributed by atoms with E-state index < -0.39 is 17.9 Å². The maximum Gasteiger partial charge on any atom is 0.340 e. The smallest absolute Gasteiger partial charge is 0.340 e. The first kappa shape index (κ1) is 12.5. The first-order chi connectivity index (χ1) is 8.52. The molecule has 0 radical (unpaired) electrons. The van der Waals surface area contributed by atoms with Gasteiger partial charge in [-0.25, -0.2) is 9.18 Å². The zero-order chi connectivity index (χ0) is 13.3. The molecule has 1 heterocycles. The van der Waals surface area contributed by atoms with Crippen molar-refractivity contribution in [2.75, 3.05) is 18.6 Å². The van der Waals surface area contributed by atoms with Gasteiger partial charge in [-0.15, -0.1) is 0 Å². The number of ether oxygens (including phenoxy) is 1. The van der Waals surface area contributed by atoms with Crippen LogP contribution in [0.15, 0.2) is 18.2 Å². The highest BCUT2D eigenvalue weighted by Gasteiger charge is 2.31. The van der Waals surface area contributed by atoms with Crippen molar-refractivity contribution < 1.29 is 23.8 Å². The first-order valence-electron chi connectivity index (χ1n) is 5.39. The summed E-state index contributed by atoms with van der Waals surface area (Å²) >= 11 is 0. The predicted molar refractivity (Wildman–Crippen MR) is 60.7 cm³/mol. The van der Waals surface area contributed by atoms with Gasteiger partial charge >= 0.3 is 5.97 Å². The van der Waals surface area contributed by atoms with Crippen molar-refractivity contribution in [1.29, 1.82) is 0 Å². The molecule has 0 bridgehead atoms. The molecule has 1 saturated heterocycles. The van der Waals surface area contributed by atoms with Crippen LogP contribution >= 0.6 is 0 Å². The minimum absolute atomic E-state index is 0.00199. The Morgan fingerprint density at radius 3 is 2.83 bits per heavy atom. The van der Waals surface area contributed by atoms with E-state index in [4.69, 9.17) is 0 Å². The summed E-state index contributed by atoms with van der Waals surface area (Å²) < 4.78 is 17.7. The molecule has 1 amide bonds. The SMILES string of the molecule is COC(=O)c1cc(F)ccc1N1CC(O)CC1=O. The number of halogens is 1. The predicted octanol–water partition coefficient (Wildman–Crippen LogP) is 0.710. The average Bonchev–Trinajstić information content (AvgIpc) is 2.67. The summed E-state index contributed by atoms with van der Waals surface area (Å²) in [6, 6.07) is 3.50. The van der Waals surface area contributed by atoms with Crippen LogP contribution in [0, 0.1) is 5.82 Å². The third-order valence-electron chi connectivity index (χ3n) is 2.76. The number of aliphatic hydroxyl groups excluding tert-OH is 1.